The van der Waals surface area contributed by atoms with Crippen molar-refractivity contribution in [3.05, 3.63) is 36.3 Å². The van der Waals surface area contributed by atoms with Gasteiger partial charge in [-0.15, -0.1) is 0 Å². The first-order chi connectivity index (χ1) is 11.9. The number of sulfonamides is 1. The highest BCUT2D eigenvalue weighted by atomic mass is 32.2. The Bertz CT molecular complexity index is 856. The molecule has 134 valence electrons. The van der Waals surface area contributed by atoms with Crippen LogP contribution in [0.4, 0.5) is 0 Å². The van der Waals surface area contributed by atoms with Crippen LogP contribution in [0.3, 0.4) is 0 Å². The standard InChI is InChI=1S/C16H20N4O4S/c1-11-14(10-18-20(11)15-4-2-3-9-17-15)25(23,24)19-13-7-5-12(6-8-13)16(21)22/h2-4,9-10,12-13,19H,5-8H2,1H3,(H,21,22). The van der Waals surface area contributed by atoms with Gasteiger partial charge in [-0.1, -0.05) is 6.07 Å². The van der Waals surface area contributed by atoms with Crippen molar-refractivity contribution in [1.82, 2.24) is 19.5 Å². The van der Waals surface area contributed by atoms with E-state index in [2.05, 4.69) is 14.8 Å². The van der Waals surface area contributed by atoms with Crippen LogP contribution in [0.2, 0.25) is 0 Å². The summed E-state index contributed by atoms with van der Waals surface area (Å²) in [6.45, 7) is 1.68. The van der Waals surface area contributed by atoms with Crippen LogP contribution in [0.1, 0.15) is 31.4 Å². The molecular weight excluding hydrogens is 344 g/mol. The molecule has 2 N–H and O–H groups in total. The Balaban J connectivity index is 1.75. The molecule has 0 aromatic carbocycles. The van der Waals surface area contributed by atoms with E-state index in [1.807, 2.05) is 0 Å². The van der Waals surface area contributed by atoms with Gasteiger partial charge in [0, 0.05) is 12.2 Å². The lowest BCUT2D eigenvalue weighted by Gasteiger charge is -2.26. The third kappa shape index (κ3) is 3.72. The Morgan fingerprint density at radius 3 is 2.60 bits per heavy atom. The van der Waals surface area contributed by atoms with Gasteiger partial charge < -0.3 is 5.11 Å². The van der Waals surface area contributed by atoms with Gasteiger partial charge in [0.25, 0.3) is 0 Å². The molecule has 0 aliphatic heterocycles. The Kier molecular flexibility index (Phi) is 4.87. The molecule has 0 bridgehead atoms. The highest BCUT2D eigenvalue weighted by Crippen LogP contribution is 2.26. The normalized spacial score (nSPS) is 21.2. The average Bonchev–Trinajstić information content (AvgIpc) is 2.98. The molecule has 2 aromatic rings. The van der Waals surface area contributed by atoms with Crippen LogP contribution in [0.25, 0.3) is 5.82 Å². The lowest BCUT2D eigenvalue weighted by molar-refractivity contribution is -0.142. The zero-order valence-electron chi connectivity index (χ0n) is 13.8. The molecule has 1 fully saturated rings. The van der Waals surface area contributed by atoms with Crippen molar-refractivity contribution in [1.29, 1.82) is 0 Å². The molecular formula is C16H20N4O4S. The van der Waals surface area contributed by atoms with Crippen LogP contribution in [0.15, 0.2) is 35.5 Å². The van der Waals surface area contributed by atoms with Crippen molar-refractivity contribution in [2.75, 3.05) is 0 Å². The van der Waals surface area contributed by atoms with Gasteiger partial charge >= 0.3 is 5.97 Å². The minimum atomic E-state index is -3.72. The number of aliphatic carboxylic acids is 1. The lowest BCUT2D eigenvalue weighted by Crippen LogP contribution is -2.38. The fraction of sp³-hybridized carbons (Fsp3) is 0.438. The van der Waals surface area contributed by atoms with Gasteiger partial charge in [-0.3, -0.25) is 4.79 Å². The van der Waals surface area contributed by atoms with E-state index in [9.17, 15) is 13.2 Å². The van der Waals surface area contributed by atoms with Crippen LogP contribution >= 0.6 is 0 Å². The Morgan fingerprint density at radius 2 is 2.00 bits per heavy atom. The minimum absolute atomic E-state index is 0.110. The molecule has 2 aromatic heterocycles. The van der Waals surface area contributed by atoms with Gasteiger partial charge in [0.1, 0.15) is 4.90 Å². The molecule has 3 rings (SSSR count). The number of hydrogen-bond donors (Lipinski definition) is 2. The van der Waals surface area contributed by atoms with E-state index in [1.54, 1.807) is 31.3 Å². The number of hydrogen-bond acceptors (Lipinski definition) is 5. The predicted molar refractivity (Wildman–Crippen MR) is 89.8 cm³/mol. The van der Waals surface area contributed by atoms with Gasteiger partial charge in [-0.25, -0.2) is 22.8 Å². The summed E-state index contributed by atoms with van der Waals surface area (Å²) < 4.78 is 29.5. The number of pyridine rings is 1. The smallest absolute Gasteiger partial charge is 0.306 e. The Hall–Kier alpha value is -2.26. The van der Waals surface area contributed by atoms with Crippen molar-refractivity contribution in [3.63, 3.8) is 0 Å². The van der Waals surface area contributed by atoms with Crippen LogP contribution in [-0.2, 0) is 14.8 Å². The van der Waals surface area contributed by atoms with Gasteiger partial charge in [-0.2, -0.15) is 5.10 Å². The van der Waals surface area contributed by atoms with Crippen LogP contribution < -0.4 is 4.72 Å². The van der Waals surface area contributed by atoms with Crippen molar-refractivity contribution >= 4 is 16.0 Å². The number of nitrogens with one attached hydrogen (secondary N) is 1. The van der Waals surface area contributed by atoms with Gasteiger partial charge in [0.15, 0.2) is 5.82 Å². The van der Waals surface area contributed by atoms with Crippen LogP contribution in [-0.4, -0.2) is 40.3 Å². The summed E-state index contributed by atoms with van der Waals surface area (Å²) in [6, 6.07) is 5.07. The Labute approximate surface area is 145 Å². The largest absolute Gasteiger partial charge is 0.481 e. The number of carboxylic acids is 1. The zero-order valence-corrected chi connectivity index (χ0v) is 14.6. The molecule has 0 saturated heterocycles. The summed E-state index contributed by atoms with van der Waals surface area (Å²) in [6.07, 6.45) is 4.93. The highest BCUT2D eigenvalue weighted by molar-refractivity contribution is 7.89. The van der Waals surface area contributed by atoms with E-state index >= 15 is 0 Å². The van der Waals surface area contributed by atoms with E-state index in [-0.39, 0.29) is 16.9 Å². The zero-order chi connectivity index (χ0) is 18.0. The fourth-order valence-electron chi connectivity index (χ4n) is 3.11. The van der Waals surface area contributed by atoms with Gasteiger partial charge in [0.05, 0.1) is 17.8 Å². The first kappa shape index (κ1) is 17.6. The molecule has 0 radical (unpaired) electrons. The quantitative estimate of drug-likeness (QED) is 0.831. The molecule has 1 saturated carbocycles. The number of aromatic nitrogens is 3. The molecule has 0 amide bonds. The van der Waals surface area contributed by atoms with Gasteiger partial charge in [-0.05, 0) is 44.7 Å². The average molecular weight is 364 g/mol. The van der Waals surface area contributed by atoms with E-state index < -0.39 is 16.0 Å². The van der Waals surface area contributed by atoms with Crippen molar-refractivity contribution in [2.45, 2.75) is 43.5 Å². The number of carbonyl (C=O) groups is 1. The third-order valence-electron chi connectivity index (χ3n) is 4.52. The molecule has 9 heteroatoms. The summed E-state index contributed by atoms with van der Waals surface area (Å²) in [5.41, 5.74) is 0.477. The van der Waals surface area contributed by atoms with E-state index in [1.165, 1.54) is 10.9 Å². The maximum Gasteiger partial charge on any atom is 0.306 e. The monoisotopic (exact) mass is 364 g/mol. The summed E-state index contributed by atoms with van der Waals surface area (Å²) in [7, 11) is -3.72. The summed E-state index contributed by atoms with van der Waals surface area (Å²) in [4.78, 5) is 15.3. The molecule has 1 aliphatic rings. The predicted octanol–water partition coefficient (Wildman–Crippen LogP) is 1.50. The topological polar surface area (TPSA) is 114 Å². The van der Waals surface area contributed by atoms with Crippen molar-refractivity contribution in [2.24, 2.45) is 5.92 Å². The first-order valence-electron chi connectivity index (χ1n) is 8.09. The van der Waals surface area contributed by atoms with Crippen molar-refractivity contribution < 1.29 is 18.3 Å². The molecule has 2 heterocycles. The second-order valence-electron chi connectivity index (χ2n) is 6.20. The molecule has 25 heavy (non-hydrogen) atoms. The fourth-order valence-corrected chi connectivity index (χ4v) is 4.57. The van der Waals surface area contributed by atoms with Crippen LogP contribution in [0.5, 0.6) is 0 Å². The maximum atomic E-state index is 12.7. The molecule has 0 atom stereocenters. The first-order valence-corrected chi connectivity index (χ1v) is 9.58. The maximum absolute atomic E-state index is 12.7. The highest BCUT2D eigenvalue weighted by Gasteiger charge is 2.30. The minimum Gasteiger partial charge on any atom is -0.481 e. The summed E-state index contributed by atoms with van der Waals surface area (Å²) in [5, 5.41) is 13.2. The van der Waals surface area contributed by atoms with Crippen LogP contribution in [0, 0.1) is 12.8 Å². The second-order valence-corrected chi connectivity index (χ2v) is 7.88. The Morgan fingerprint density at radius 1 is 1.28 bits per heavy atom. The van der Waals surface area contributed by atoms with E-state index in [4.69, 9.17) is 5.11 Å². The third-order valence-corrected chi connectivity index (χ3v) is 6.14. The lowest BCUT2D eigenvalue weighted by atomic mass is 9.87. The second kappa shape index (κ2) is 6.93. The molecule has 0 spiro atoms. The number of rotatable bonds is 5. The van der Waals surface area contributed by atoms with Gasteiger partial charge in [0.2, 0.25) is 10.0 Å². The number of nitrogens with zero attached hydrogens (tertiary/aromatic N) is 3. The molecule has 8 nitrogen and oxygen atoms in total. The number of carboxylic acid groups (broad SMARTS) is 1. The molecule has 1 aliphatic carbocycles. The summed E-state index contributed by atoms with van der Waals surface area (Å²) >= 11 is 0. The van der Waals surface area contributed by atoms with E-state index in [0.717, 1.165) is 0 Å². The SMILES string of the molecule is Cc1c(S(=O)(=O)NC2CCC(C(=O)O)CC2)cnn1-c1ccccn1. The van der Waals surface area contributed by atoms with E-state index in [0.29, 0.717) is 37.2 Å². The molecule has 0 unspecified atom stereocenters. The summed E-state index contributed by atoms with van der Waals surface area (Å²) in [5.74, 6) is -0.647. The van der Waals surface area contributed by atoms with Crippen molar-refractivity contribution in [3.8, 4) is 5.82 Å².